The molecule has 0 saturated heterocycles. The third-order valence-corrected chi connectivity index (χ3v) is 4.32. The summed E-state index contributed by atoms with van der Waals surface area (Å²) in [6.45, 7) is 10.5. The predicted molar refractivity (Wildman–Crippen MR) is 123 cm³/mol. The Labute approximate surface area is 194 Å². The minimum absolute atomic E-state index is 0.0701. The van der Waals surface area contributed by atoms with Crippen LogP contribution in [0.3, 0.4) is 0 Å². The fourth-order valence-corrected chi connectivity index (χ4v) is 3.19. The number of phenols is 1. The van der Waals surface area contributed by atoms with Crippen molar-refractivity contribution >= 4 is 23.8 Å². The number of alkyl carbamates (subject to hydrolysis) is 1. The lowest BCUT2D eigenvalue weighted by Gasteiger charge is -2.34. The molecule has 1 aromatic rings. The number of hydrogen-bond donors (Lipinski definition) is 4. The zero-order chi connectivity index (χ0) is 25.3. The lowest BCUT2D eigenvalue weighted by molar-refractivity contribution is -0.143. The minimum atomic E-state index is -1.34. The average molecular weight is 465 g/mol. The number of nitrogens with two attached hydrogens (primary N) is 1. The molecule has 10 heteroatoms. The normalized spacial score (nSPS) is 13.1. The number of hydrogen-bond acceptors (Lipinski definition) is 6. The molecule has 184 valence electrons. The molecule has 2 atom stereocenters. The molecular weight excluding hydrogens is 428 g/mol. The zero-order valence-electron chi connectivity index (χ0n) is 20.2. The summed E-state index contributed by atoms with van der Waals surface area (Å²) in [5.74, 6) is -2.01. The smallest absolute Gasteiger partial charge is 0.408 e. The monoisotopic (exact) mass is 464 g/mol. The van der Waals surface area contributed by atoms with Crippen molar-refractivity contribution in [2.24, 2.45) is 5.73 Å². The number of rotatable bonds is 10. The quantitative estimate of drug-likeness (QED) is 0.415. The number of phenolic OH excluding ortho intramolecular Hbond substituents is 1. The van der Waals surface area contributed by atoms with Crippen LogP contribution in [0.15, 0.2) is 24.3 Å². The molecule has 1 aromatic carbocycles. The first-order valence-electron chi connectivity index (χ1n) is 10.9. The van der Waals surface area contributed by atoms with E-state index in [9.17, 15) is 24.3 Å². The number of primary amides is 1. The number of aromatic hydroxyl groups is 1. The van der Waals surface area contributed by atoms with Crippen LogP contribution in [0.4, 0.5) is 4.79 Å². The largest absolute Gasteiger partial charge is 0.508 e. The van der Waals surface area contributed by atoms with Gasteiger partial charge in [0.2, 0.25) is 17.7 Å². The van der Waals surface area contributed by atoms with E-state index in [1.54, 1.807) is 46.8 Å². The molecule has 0 fully saturated rings. The second-order valence-corrected chi connectivity index (χ2v) is 9.06. The van der Waals surface area contributed by atoms with Gasteiger partial charge in [-0.15, -0.1) is 0 Å². The topological polar surface area (TPSA) is 151 Å². The van der Waals surface area contributed by atoms with Gasteiger partial charge in [-0.25, -0.2) is 4.79 Å². The number of amides is 4. The molecule has 1 rings (SSSR count). The van der Waals surface area contributed by atoms with E-state index >= 15 is 0 Å². The molecule has 0 spiro atoms. The standard InChI is InChI=1S/C23H36N4O6/c1-7-11-27(19(20(30)25-14(2)3)15-9-8-10-16(28)12-15)21(31)17(13-18(24)29)26-22(32)33-23(4,5)6/h8-10,12,14,17,19,28H,7,11,13H2,1-6H3,(H2,24,29)(H,25,30)(H,26,32). The number of nitrogens with one attached hydrogen (secondary N) is 2. The van der Waals surface area contributed by atoms with E-state index in [4.69, 9.17) is 10.5 Å². The molecule has 4 amide bonds. The summed E-state index contributed by atoms with van der Waals surface area (Å²) in [4.78, 5) is 52.0. The molecule has 0 bridgehead atoms. The van der Waals surface area contributed by atoms with E-state index in [0.29, 0.717) is 12.0 Å². The van der Waals surface area contributed by atoms with E-state index in [-0.39, 0.29) is 18.3 Å². The van der Waals surface area contributed by atoms with Crippen LogP contribution in [0.5, 0.6) is 5.75 Å². The molecular formula is C23H36N4O6. The summed E-state index contributed by atoms with van der Waals surface area (Å²) in [5.41, 5.74) is 4.88. The van der Waals surface area contributed by atoms with Gasteiger partial charge in [-0.3, -0.25) is 14.4 Å². The summed E-state index contributed by atoms with van der Waals surface area (Å²) in [6.07, 6.45) is -0.873. The first kappa shape index (κ1) is 27.7. The van der Waals surface area contributed by atoms with Gasteiger partial charge in [0.15, 0.2) is 0 Å². The molecule has 0 heterocycles. The molecule has 0 aliphatic carbocycles. The average Bonchev–Trinajstić information content (AvgIpc) is 2.64. The summed E-state index contributed by atoms with van der Waals surface area (Å²) in [5, 5.41) is 15.2. The summed E-state index contributed by atoms with van der Waals surface area (Å²) >= 11 is 0. The van der Waals surface area contributed by atoms with Crippen LogP contribution < -0.4 is 16.4 Å². The molecule has 0 aliphatic rings. The zero-order valence-corrected chi connectivity index (χ0v) is 20.2. The van der Waals surface area contributed by atoms with Crippen LogP contribution >= 0.6 is 0 Å². The third kappa shape index (κ3) is 9.38. The van der Waals surface area contributed by atoms with Crippen molar-refractivity contribution in [3.8, 4) is 5.75 Å². The number of benzene rings is 1. The number of carbonyl (C=O) groups excluding carboxylic acids is 4. The van der Waals surface area contributed by atoms with Gasteiger partial charge in [0.05, 0.1) is 6.42 Å². The van der Waals surface area contributed by atoms with E-state index in [0.717, 1.165) is 0 Å². The Morgan fingerprint density at radius 1 is 1.15 bits per heavy atom. The summed E-state index contributed by atoms with van der Waals surface area (Å²) < 4.78 is 5.22. The third-order valence-electron chi connectivity index (χ3n) is 4.32. The van der Waals surface area contributed by atoms with Gasteiger partial charge in [-0.2, -0.15) is 0 Å². The number of ether oxygens (including phenoxy) is 1. The molecule has 33 heavy (non-hydrogen) atoms. The Hall–Kier alpha value is -3.30. The fourth-order valence-electron chi connectivity index (χ4n) is 3.19. The molecule has 0 aliphatic heterocycles. The van der Waals surface area contributed by atoms with Crippen LogP contribution in [0.2, 0.25) is 0 Å². The number of carbonyl (C=O) groups is 4. The lowest BCUT2D eigenvalue weighted by atomic mass is 10.0. The SMILES string of the molecule is CCCN(C(=O)C(CC(N)=O)NC(=O)OC(C)(C)C)C(C(=O)NC(C)C)c1cccc(O)c1. The number of nitrogens with zero attached hydrogens (tertiary/aromatic N) is 1. The highest BCUT2D eigenvalue weighted by Gasteiger charge is 2.36. The second kappa shape index (κ2) is 12.1. The van der Waals surface area contributed by atoms with E-state index in [1.165, 1.54) is 17.0 Å². The van der Waals surface area contributed by atoms with Gasteiger partial charge in [-0.05, 0) is 58.7 Å². The Kier molecular flexibility index (Phi) is 10.2. The van der Waals surface area contributed by atoms with Crippen molar-refractivity contribution in [3.63, 3.8) is 0 Å². The van der Waals surface area contributed by atoms with E-state index < -0.39 is 47.9 Å². The van der Waals surface area contributed by atoms with Gasteiger partial charge in [0.25, 0.3) is 0 Å². The molecule has 10 nitrogen and oxygen atoms in total. The van der Waals surface area contributed by atoms with Crippen LogP contribution in [0, 0.1) is 0 Å². The maximum absolute atomic E-state index is 13.6. The highest BCUT2D eigenvalue weighted by molar-refractivity contribution is 5.94. The Morgan fingerprint density at radius 2 is 1.79 bits per heavy atom. The van der Waals surface area contributed by atoms with Crippen molar-refractivity contribution in [3.05, 3.63) is 29.8 Å². The first-order chi connectivity index (χ1) is 15.2. The molecule has 0 aromatic heterocycles. The van der Waals surface area contributed by atoms with Gasteiger partial charge in [0.1, 0.15) is 23.4 Å². The van der Waals surface area contributed by atoms with E-state index in [1.807, 2.05) is 6.92 Å². The van der Waals surface area contributed by atoms with Crippen molar-refractivity contribution in [1.29, 1.82) is 0 Å². The Balaban J connectivity index is 3.41. The van der Waals surface area contributed by atoms with E-state index in [2.05, 4.69) is 10.6 Å². The highest BCUT2D eigenvalue weighted by Crippen LogP contribution is 2.26. The van der Waals surface area contributed by atoms with Crippen LogP contribution in [-0.4, -0.2) is 58.1 Å². The minimum Gasteiger partial charge on any atom is -0.508 e. The van der Waals surface area contributed by atoms with Crippen molar-refractivity contribution < 1.29 is 29.0 Å². The molecule has 0 saturated carbocycles. The second-order valence-electron chi connectivity index (χ2n) is 9.06. The summed E-state index contributed by atoms with van der Waals surface area (Å²) in [6, 6.07) is 3.37. The first-order valence-corrected chi connectivity index (χ1v) is 10.9. The van der Waals surface area contributed by atoms with Gasteiger partial charge >= 0.3 is 6.09 Å². The van der Waals surface area contributed by atoms with Gasteiger partial charge in [-0.1, -0.05) is 19.1 Å². The molecule has 5 N–H and O–H groups in total. The lowest BCUT2D eigenvalue weighted by Crippen LogP contribution is -2.54. The van der Waals surface area contributed by atoms with Crippen LogP contribution in [-0.2, 0) is 19.1 Å². The fraction of sp³-hybridized carbons (Fsp3) is 0.565. The molecule has 0 radical (unpaired) electrons. The van der Waals surface area contributed by atoms with Crippen molar-refractivity contribution in [2.75, 3.05) is 6.54 Å². The highest BCUT2D eigenvalue weighted by atomic mass is 16.6. The van der Waals surface area contributed by atoms with Crippen molar-refractivity contribution in [1.82, 2.24) is 15.5 Å². The van der Waals surface area contributed by atoms with Crippen LogP contribution in [0.25, 0.3) is 0 Å². The van der Waals surface area contributed by atoms with Gasteiger partial charge in [0, 0.05) is 12.6 Å². The predicted octanol–water partition coefficient (Wildman–Crippen LogP) is 1.97. The van der Waals surface area contributed by atoms with Gasteiger partial charge < -0.3 is 31.1 Å². The van der Waals surface area contributed by atoms with Crippen LogP contribution in [0.1, 0.15) is 66.0 Å². The maximum Gasteiger partial charge on any atom is 0.408 e. The molecule has 2 unspecified atom stereocenters. The van der Waals surface area contributed by atoms with Crippen molar-refractivity contribution in [2.45, 2.75) is 78.1 Å². The Bertz CT molecular complexity index is 850. The Morgan fingerprint density at radius 3 is 2.27 bits per heavy atom. The summed E-state index contributed by atoms with van der Waals surface area (Å²) in [7, 11) is 0. The maximum atomic E-state index is 13.6.